The van der Waals surface area contributed by atoms with Crippen LogP contribution in [-0.2, 0) is 20.5 Å². The highest BCUT2D eigenvalue weighted by Gasteiger charge is 2.24. The molecule has 31 heavy (non-hydrogen) atoms. The Bertz CT molecular complexity index is 1200. The van der Waals surface area contributed by atoms with Gasteiger partial charge >= 0.3 is 5.97 Å². The number of halogens is 2. The first kappa shape index (κ1) is 23.1. The Balaban J connectivity index is 2.06. The van der Waals surface area contributed by atoms with E-state index in [2.05, 4.69) is 6.07 Å². The van der Waals surface area contributed by atoms with Gasteiger partial charge in [0.05, 0.1) is 22.2 Å². The van der Waals surface area contributed by atoms with E-state index < -0.39 is 22.6 Å². The maximum absolute atomic E-state index is 13.5. The molecule has 160 valence electrons. The summed E-state index contributed by atoms with van der Waals surface area (Å²) < 4.78 is 20.3. The molecule has 0 saturated heterocycles. The first-order valence-corrected chi connectivity index (χ1v) is 11.2. The second kappa shape index (κ2) is 9.27. The summed E-state index contributed by atoms with van der Waals surface area (Å²) in [6.45, 7) is 5.05. The van der Waals surface area contributed by atoms with Gasteiger partial charge < -0.3 is 4.74 Å². The smallest absolute Gasteiger partial charge is 0.327 e. The number of anilines is 1. The highest BCUT2D eigenvalue weighted by atomic mass is 35.5. The van der Waals surface area contributed by atoms with E-state index in [1.165, 1.54) is 4.31 Å². The summed E-state index contributed by atoms with van der Waals surface area (Å²) in [6, 6.07) is 17.4. The van der Waals surface area contributed by atoms with Crippen molar-refractivity contribution in [1.29, 1.82) is 5.26 Å². The fraction of sp³-hybridized carbons (Fsp3) is 0.217. The number of nitrogens with zero attached hydrogens (tertiary/aromatic N) is 2. The largest absolute Gasteiger partial charge is 0.459 e. The monoisotopic (exact) mass is 474 g/mol. The van der Waals surface area contributed by atoms with Gasteiger partial charge in [-0.3, -0.25) is 9.10 Å². The average Bonchev–Trinajstić information content (AvgIpc) is 2.68. The van der Waals surface area contributed by atoms with Crippen LogP contribution in [-0.4, -0.2) is 22.3 Å². The topological polar surface area (TPSA) is 70.4 Å². The highest BCUT2D eigenvalue weighted by Crippen LogP contribution is 2.29. The second-order valence-corrected chi connectivity index (χ2v) is 10.1. The fourth-order valence-corrected chi connectivity index (χ4v) is 4.85. The quantitative estimate of drug-likeness (QED) is 0.432. The molecule has 0 fully saturated rings. The van der Waals surface area contributed by atoms with E-state index in [1.807, 2.05) is 12.1 Å². The van der Waals surface area contributed by atoms with Crippen LogP contribution < -0.4 is 4.31 Å². The van der Waals surface area contributed by atoms with Gasteiger partial charge in [-0.25, -0.2) is 4.21 Å². The van der Waals surface area contributed by atoms with Gasteiger partial charge in [0.1, 0.15) is 12.1 Å². The van der Waals surface area contributed by atoms with Crippen molar-refractivity contribution in [3.05, 3.63) is 70.2 Å². The molecule has 3 rings (SSSR count). The minimum Gasteiger partial charge on any atom is -0.459 e. The third kappa shape index (κ3) is 5.98. The molecule has 1 unspecified atom stereocenters. The van der Waals surface area contributed by atoms with Gasteiger partial charge in [-0.2, -0.15) is 5.26 Å². The van der Waals surface area contributed by atoms with Gasteiger partial charge in [-0.15, -0.1) is 0 Å². The lowest BCUT2D eigenvalue weighted by molar-refractivity contribution is -0.152. The molecule has 0 spiro atoms. The number of rotatable bonds is 5. The van der Waals surface area contributed by atoms with Crippen molar-refractivity contribution in [2.45, 2.75) is 31.3 Å². The summed E-state index contributed by atoms with van der Waals surface area (Å²) in [5, 5.41) is 11.6. The minimum atomic E-state index is -1.79. The minimum absolute atomic E-state index is 0.253. The second-order valence-electron chi connectivity index (χ2n) is 7.84. The van der Waals surface area contributed by atoms with Crippen LogP contribution in [0.3, 0.4) is 0 Å². The van der Waals surface area contributed by atoms with Gasteiger partial charge in [0, 0.05) is 10.0 Å². The van der Waals surface area contributed by atoms with Crippen LogP contribution in [0.15, 0.2) is 59.5 Å². The molecule has 3 aromatic rings. The molecular weight excluding hydrogens is 455 g/mol. The number of ether oxygens (including phenoxy) is 1. The highest BCUT2D eigenvalue weighted by molar-refractivity contribution is 7.86. The number of hydrogen-bond acceptors (Lipinski definition) is 4. The van der Waals surface area contributed by atoms with E-state index in [0.29, 0.717) is 26.2 Å². The Labute approximate surface area is 193 Å². The molecule has 5 nitrogen and oxygen atoms in total. The summed E-state index contributed by atoms with van der Waals surface area (Å²) in [6.07, 6.45) is 0. The maximum Gasteiger partial charge on any atom is 0.327 e. The van der Waals surface area contributed by atoms with E-state index in [0.717, 1.165) is 10.8 Å². The predicted molar refractivity (Wildman–Crippen MR) is 125 cm³/mol. The van der Waals surface area contributed by atoms with Crippen molar-refractivity contribution >= 4 is 56.6 Å². The zero-order valence-electron chi connectivity index (χ0n) is 17.2. The van der Waals surface area contributed by atoms with Crippen molar-refractivity contribution < 1.29 is 13.7 Å². The molecule has 3 aromatic carbocycles. The number of carbonyl (C=O) groups is 1. The Morgan fingerprint density at radius 1 is 1.03 bits per heavy atom. The lowest BCUT2D eigenvalue weighted by atomic mass is 10.1. The van der Waals surface area contributed by atoms with Crippen molar-refractivity contribution in [3.8, 4) is 6.07 Å². The van der Waals surface area contributed by atoms with E-state index in [1.54, 1.807) is 63.2 Å². The molecule has 0 saturated carbocycles. The van der Waals surface area contributed by atoms with Gasteiger partial charge in [0.15, 0.2) is 11.0 Å². The molecular formula is C23H20Cl2N2O3S. The van der Waals surface area contributed by atoms with Crippen LogP contribution in [0.5, 0.6) is 0 Å². The summed E-state index contributed by atoms with van der Waals surface area (Å²) in [5.74, 6) is -0.528. The maximum atomic E-state index is 13.5. The number of hydrogen-bond donors (Lipinski definition) is 0. The van der Waals surface area contributed by atoms with Crippen LogP contribution in [0.1, 0.15) is 26.3 Å². The molecule has 0 aromatic heterocycles. The van der Waals surface area contributed by atoms with Crippen LogP contribution in [0, 0.1) is 11.3 Å². The zero-order chi connectivity index (χ0) is 22.8. The van der Waals surface area contributed by atoms with Crippen LogP contribution in [0.2, 0.25) is 10.0 Å². The van der Waals surface area contributed by atoms with Crippen molar-refractivity contribution in [1.82, 2.24) is 0 Å². The van der Waals surface area contributed by atoms with E-state index >= 15 is 0 Å². The van der Waals surface area contributed by atoms with Crippen LogP contribution in [0.25, 0.3) is 10.8 Å². The molecule has 0 aliphatic carbocycles. The van der Waals surface area contributed by atoms with Crippen molar-refractivity contribution in [2.75, 3.05) is 10.8 Å². The Morgan fingerprint density at radius 2 is 1.68 bits per heavy atom. The Morgan fingerprint density at radius 3 is 2.29 bits per heavy atom. The normalized spacial score (nSPS) is 12.3. The number of carbonyl (C=O) groups excluding carboxylic acids is 1. The third-order valence-electron chi connectivity index (χ3n) is 4.17. The van der Waals surface area contributed by atoms with Crippen molar-refractivity contribution in [3.63, 3.8) is 0 Å². The van der Waals surface area contributed by atoms with E-state index in [-0.39, 0.29) is 6.54 Å². The van der Waals surface area contributed by atoms with Crippen LogP contribution in [0.4, 0.5) is 5.69 Å². The summed E-state index contributed by atoms with van der Waals surface area (Å²) in [4.78, 5) is 12.9. The number of fused-ring (bicyclic) bond motifs is 1. The molecule has 0 aliphatic rings. The van der Waals surface area contributed by atoms with E-state index in [9.17, 15) is 14.3 Å². The fourth-order valence-electron chi connectivity index (χ4n) is 2.95. The molecule has 8 heteroatoms. The molecule has 0 aliphatic heterocycles. The Kier molecular flexibility index (Phi) is 6.90. The van der Waals surface area contributed by atoms with Crippen molar-refractivity contribution in [2.24, 2.45) is 0 Å². The summed E-state index contributed by atoms with van der Waals surface area (Å²) in [7, 11) is -1.79. The zero-order valence-corrected chi connectivity index (χ0v) is 19.5. The lowest BCUT2D eigenvalue weighted by Crippen LogP contribution is -2.36. The standard InChI is InChI=1S/C23H20Cl2N2O3S/c1-23(2,3)30-22(28)14-27(31(29)21-11-18(24)10-19(25)12-21)20-7-6-16-5-4-15(13-26)8-17(16)9-20/h4-12H,14H2,1-3H3. The summed E-state index contributed by atoms with van der Waals surface area (Å²) in [5.41, 5.74) is 0.350. The Hall–Kier alpha value is -2.59. The van der Waals surface area contributed by atoms with Gasteiger partial charge in [-0.05, 0) is 74.0 Å². The molecule has 0 heterocycles. The first-order chi connectivity index (χ1) is 14.6. The molecule has 1 atom stereocenters. The number of benzene rings is 3. The van der Waals surface area contributed by atoms with E-state index in [4.69, 9.17) is 27.9 Å². The molecule has 0 bridgehead atoms. The molecule has 0 N–H and O–H groups in total. The SMILES string of the molecule is CC(C)(C)OC(=O)CN(c1ccc2ccc(C#N)cc2c1)S(=O)c1cc(Cl)cc(Cl)c1. The predicted octanol–water partition coefficient (Wildman–Crippen LogP) is 5.89. The molecule has 0 radical (unpaired) electrons. The third-order valence-corrected chi connectivity index (χ3v) is 5.99. The molecule has 0 amide bonds. The average molecular weight is 475 g/mol. The lowest BCUT2D eigenvalue weighted by Gasteiger charge is -2.26. The number of esters is 1. The van der Waals surface area contributed by atoms with Gasteiger partial charge in [0.25, 0.3) is 0 Å². The van der Waals surface area contributed by atoms with Gasteiger partial charge in [0.2, 0.25) is 0 Å². The number of nitriles is 1. The summed E-state index contributed by atoms with van der Waals surface area (Å²) >= 11 is 12.2. The van der Waals surface area contributed by atoms with Gasteiger partial charge in [-0.1, -0.05) is 35.3 Å². The first-order valence-electron chi connectivity index (χ1n) is 9.37. The van der Waals surface area contributed by atoms with Crippen LogP contribution >= 0.6 is 23.2 Å².